The number of imidazole rings is 1. The zero-order valence-electron chi connectivity index (χ0n) is 12.1. The van der Waals surface area contributed by atoms with Gasteiger partial charge in [0.1, 0.15) is 15.7 Å². The number of aromatic nitrogens is 3. The molecule has 112 valence electrons. The standard InChI is InChI=1S/C18H12BrN3S/c19-14-9-6-12-22-17(14)21-16(13-7-2-1-3-8-13)18(22)23-15-10-4-5-11-20-15/h1-12H. The third-order valence-electron chi connectivity index (χ3n) is 3.44. The molecule has 3 nitrogen and oxygen atoms in total. The number of rotatable bonds is 3. The Hall–Kier alpha value is -2.11. The van der Waals surface area contributed by atoms with E-state index in [9.17, 15) is 0 Å². The number of hydrogen-bond acceptors (Lipinski definition) is 3. The monoisotopic (exact) mass is 381 g/mol. The molecule has 4 rings (SSSR count). The maximum atomic E-state index is 4.85. The van der Waals surface area contributed by atoms with Gasteiger partial charge in [0.2, 0.25) is 0 Å². The normalized spacial score (nSPS) is 11.0. The highest BCUT2D eigenvalue weighted by atomic mass is 79.9. The summed E-state index contributed by atoms with van der Waals surface area (Å²) in [6.07, 6.45) is 3.84. The Morgan fingerprint density at radius 1 is 0.913 bits per heavy atom. The summed E-state index contributed by atoms with van der Waals surface area (Å²) in [6.45, 7) is 0. The minimum atomic E-state index is 0.907. The van der Waals surface area contributed by atoms with Gasteiger partial charge in [0, 0.05) is 18.0 Å². The van der Waals surface area contributed by atoms with Gasteiger partial charge in [-0.15, -0.1) is 0 Å². The predicted octanol–water partition coefficient (Wildman–Crippen LogP) is 5.31. The van der Waals surface area contributed by atoms with Crippen molar-refractivity contribution in [3.05, 3.63) is 77.5 Å². The van der Waals surface area contributed by atoms with Crippen LogP contribution < -0.4 is 0 Å². The Morgan fingerprint density at radius 2 is 1.74 bits per heavy atom. The Kier molecular flexibility index (Phi) is 3.89. The van der Waals surface area contributed by atoms with Gasteiger partial charge >= 0.3 is 0 Å². The van der Waals surface area contributed by atoms with Gasteiger partial charge in [-0.2, -0.15) is 0 Å². The molecule has 5 heteroatoms. The summed E-state index contributed by atoms with van der Waals surface area (Å²) in [6, 6.07) is 20.2. The van der Waals surface area contributed by atoms with Crippen LogP contribution in [0.1, 0.15) is 0 Å². The van der Waals surface area contributed by atoms with E-state index in [0.29, 0.717) is 0 Å². The highest BCUT2D eigenvalue weighted by Gasteiger charge is 2.17. The first-order valence-corrected chi connectivity index (χ1v) is 8.75. The number of benzene rings is 1. The third kappa shape index (κ3) is 2.78. The molecule has 0 saturated carbocycles. The Morgan fingerprint density at radius 3 is 2.52 bits per heavy atom. The van der Waals surface area contributed by atoms with Gasteiger partial charge in [0.25, 0.3) is 0 Å². The molecule has 0 aliphatic carbocycles. The molecule has 0 spiro atoms. The molecule has 0 radical (unpaired) electrons. The van der Waals surface area contributed by atoms with Gasteiger partial charge in [0.05, 0.1) is 4.47 Å². The summed E-state index contributed by atoms with van der Waals surface area (Å²) in [5, 5.41) is 2.01. The van der Waals surface area contributed by atoms with E-state index >= 15 is 0 Å². The van der Waals surface area contributed by atoms with Crippen molar-refractivity contribution in [2.75, 3.05) is 0 Å². The van der Waals surface area contributed by atoms with E-state index in [1.54, 1.807) is 11.8 Å². The first kappa shape index (κ1) is 14.5. The van der Waals surface area contributed by atoms with Crippen LogP contribution in [0, 0.1) is 0 Å². The molecule has 3 heterocycles. The van der Waals surface area contributed by atoms with Crippen molar-refractivity contribution in [2.45, 2.75) is 10.1 Å². The zero-order chi connectivity index (χ0) is 15.6. The van der Waals surface area contributed by atoms with Crippen molar-refractivity contribution in [2.24, 2.45) is 0 Å². The maximum absolute atomic E-state index is 4.85. The Balaban J connectivity index is 1.94. The van der Waals surface area contributed by atoms with Gasteiger partial charge in [-0.05, 0) is 52.0 Å². The quantitative estimate of drug-likeness (QED) is 0.481. The van der Waals surface area contributed by atoms with Crippen LogP contribution in [0.4, 0.5) is 0 Å². The van der Waals surface area contributed by atoms with Crippen LogP contribution in [0.5, 0.6) is 0 Å². The first-order chi connectivity index (χ1) is 11.3. The van der Waals surface area contributed by atoms with Crippen LogP contribution >= 0.6 is 27.7 Å². The van der Waals surface area contributed by atoms with E-state index in [4.69, 9.17) is 4.98 Å². The lowest BCUT2D eigenvalue weighted by atomic mass is 10.2. The molecule has 0 N–H and O–H groups in total. The highest BCUT2D eigenvalue weighted by molar-refractivity contribution is 9.10. The maximum Gasteiger partial charge on any atom is 0.152 e. The molecule has 0 amide bonds. The molecule has 0 unspecified atom stereocenters. The van der Waals surface area contributed by atoms with Crippen molar-refractivity contribution in [1.82, 2.24) is 14.4 Å². The molecular formula is C18H12BrN3S. The van der Waals surface area contributed by atoms with E-state index in [1.165, 1.54) is 0 Å². The number of fused-ring (bicyclic) bond motifs is 1. The average molecular weight is 382 g/mol. The van der Waals surface area contributed by atoms with Gasteiger partial charge in [-0.25, -0.2) is 9.97 Å². The second-order valence-electron chi connectivity index (χ2n) is 4.95. The summed E-state index contributed by atoms with van der Waals surface area (Å²) in [7, 11) is 0. The summed E-state index contributed by atoms with van der Waals surface area (Å²) in [5.74, 6) is 0. The average Bonchev–Trinajstić information content (AvgIpc) is 2.97. The number of hydrogen-bond donors (Lipinski definition) is 0. The van der Waals surface area contributed by atoms with Crippen LogP contribution in [0.25, 0.3) is 16.9 Å². The molecule has 0 bridgehead atoms. The number of nitrogens with zero attached hydrogens (tertiary/aromatic N) is 3. The lowest BCUT2D eigenvalue weighted by Crippen LogP contribution is -1.88. The highest BCUT2D eigenvalue weighted by Crippen LogP contribution is 2.36. The number of pyridine rings is 2. The SMILES string of the molecule is Brc1cccn2c(Sc3ccccn3)c(-c3ccccc3)nc12. The fourth-order valence-corrected chi connectivity index (χ4v) is 3.80. The summed E-state index contributed by atoms with van der Waals surface area (Å²) < 4.78 is 3.08. The molecular weight excluding hydrogens is 370 g/mol. The first-order valence-electron chi connectivity index (χ1n) is 7.14. The fourth-order valence-electron chi connectivity index (χ4n) is 2.40. The van der Waals surface area contributed by atoms with E-state index < -0.39 is 0 Å². The van der Waals surface area contributed by atoms with Crippen LogP contribution in [0.15, 0.2) is 87.6 Å². The molecule has 0 aliphatic heterocycles. The van der Waals surface area contributed by atoms with E-state index in [1.807, 2.05) is 60.9 Å². The second kappa shape index (κ2) is 6.18. The zero-order valence-corrected chi connectivity index (χ0v) is 14.5. The van der Waals surface area contributed by atoms with Crippen molar-refractivity contribution in [1.29, 1.82) is 0 Å². The lowest BCUT2D eigenvalue weighted by molar-refractivity contribution is 1.03. The number of halogens is 1. The summed E-state index contributed by atoms with van der Waals surface area (Å²) >= 11 is 5.22. The van der Waals surface area contributed by atoms with E-state index in [0.717, 1.165) is 31.4 Å². The molecule has 1 aromatic carbocycles. The molecule has 23 heavy (non-hydrogen) atoms. The fraction of sp³-hybridized carbons (Fsp3) is 0. The van der Waals surface area contributed by atoms with Crippen LogP contribution in [-0.2, 0) is 0 Å². The largest absolute Gasteiger partial charge is 0.293 e. The third-order valence-corrected chi connectivity index (χ3v) is 5.10. The minimum absolute atomic E-state index is 0.907. The Bertz CT molecular complexity index is 952. The molecule has 3 aromatic heterocycles. The molecule has 0 aliphatic rings. The summed E-state index contributed by atoms with van der Waals surface area (Å²) in [4.78, 5) is 9.27. The predicted molar refractivity (Wildman–Crippen MR) is 96.7 cm³/mol. The van der Waals surface area contributed by atoms with Crippen molar-refractivity contribution in [3.63, 3.8) is 0 Å². The smallest absolute Gasteiger partial charge is 0.152 e. The lowest BCUT2D eigenvalue weighted by Gasteiger charge is -2.04. The van der Waals surface area contributed by atoms with Crippen LogP contribution in [-0.4, -0.2) is 14.4 Å². The molecule has 0 atom stereocenters. The van der Waals surface area contributed by atoms with Crippen LogP contribution in [0.3, 0.4) is 0 Å². The van der Waals surface area contributed by atoms with Gasteiger partial charge in [-0.1, -0.05) is 36.4 Å². The van der Waals surface area contributed by atoms with Gasteiger partial charge in [-0.3, -0.25) is 4.40 Å². The minimum Gasteiger partial charge on any atom is -0.293 e. The van der Waals surface area contributed by atoms with Gasteiger partial charge in [0.15, 0.2) is 5.65 Å². The van der Waals surface area contributed by atoms with Gasteiger partial charge < -0.3 is 0 Å². The van der Waals surface area contributed by atoms with E-state index in [2.05, 4.69) is 37.4 Å². The molecule has 0 fully saturated rings. The van der Waals surface area contributed by atoms with Crippen molar-refractivity contribution >= 4 is 33.3 Å². The Labute approximate surface area is 146 Å². The van der Waals surface area contributed by atoms with Crippen LogP contribution in [0.2, 0.25) is 0 Å². The van der Waals surface area contributed by atoms with Crippen molar-refractivity contribution in [3.8, 4) is 11.3 Å². The summed E-state index contributed by atoms with van der Waals surface area (Å²) in [5.41, 5.74) is 2.97. The second-order valence-corrected chi connectivity index (χ2v) is 6.81. The molecule has 4 aromatic rings. The molecule has 0 saturated heterocycles. The van der Waals surface area contributed by atoms with Crippen molar-refractivity contribution < 1.29 is 0 Å². The topological polar surface area (TPSA) is 30.2 Å². The van der Waals surface area contributed by atoms with E-state index in [-0.39, 0.29) is 0 Å².